The van der Waals surface area contributed by atoms with Gasteiger partial charge in [-0.1, -0.05) is 12.1 Å². The molecule has 6 heteroatoms. The molecule has 148 valence electrons. The maximum Gasteiger partial charge on any atom is 0.368 e. The Hall–Kier alpha value is -3.44. The van der Waals surface area contributed by atoms with Gasteiger partial charge in [0.1, 0.15) is 28.4 Å². The summed E-state index contributed by atoms with van der Waals surface area (Å²) in [7, 11) is 3.23. The van der Waals surface area contributed by atoms with Crippen molar-refractivity contribution in [3.63, 3.8) is 0 Å². The van der Waals surface area contributed by atoms with Crippen molar-refractivity contribution in [1.82, 2.24) is 0 Å². The molecule has 5 nitrogen and oxygen atoms in total. The third-order valence-corrected chi connectivity index (χ3v) is 4.61. The van der Waals surface area contributed by atoms with Crippen LogP contribution in [0.3, 0.4) is 0 Å². The van der Waals surface area contributed by atoms with Crippen LogP contribution >= 0.6 is 0 Å². The van der Waals surface area contributed by atoms with E-state index in [9.17, 15) is 10.2 Å². The van der Waals surface area contributed by atoms with Crippen LogP contribution in [0.2, 0.25) is 0 Å². The minimum Gasteiger partial charge on any atom is -1.00 e. The van der Waals surface area contributed by atoms with Crippen molar-refractivity contribution in [3.05, 3.63) is 66.7 Å². The van der Waals surface area contributed by atoms with Gasteiger partial charge in [0.15, 0.2) is 0 Å². The second-order valence-electron chi connectivity index (χ2n) is 6.32. The Morgan fingerprint density at radius 3 is 1.83 bits per heavy atom. The fourth-order valence-corrected chi connectivity index (χ4v) is 3.18. The van der Waals surface area contributed by atoms with Gasteiger partial charge in [-0.3, -0.25) is 0 Å². The first-order valence-electron chi connectivity index (χ1n) is 8.70. The van der Waals surface area contributed by atoms with E-state index in [0.29, 0.717) is 16.7 Å². The smallest absolute Gasteiger partial charge is 0.368 e. The quantitative estimate of drug-likeness (QED) is 0.506. The third kappa shape index (κ3) is 3.91. The maximum atomic E-state index is 10.5. The van der Waals surface area contributed by atoms with E-state index in [0.717, 1.165) is 28.2 Å². The zero-order valence-corrected chi connectivity index (χ0v) is 16.6. The topological polar surface area (TPSA) is 70.2 Å². The van der Waals surface area contributed by atoms with Crippen LogP contribution in [0.5, 0.6) is 23.0 Å². The molecule has 0 fully saturated rings. The summed E-state index contributed by atoms with van der Waals surface area (Å²) in [5, 5.41) is 20.9. The van der Waals surface area contributed by atoms with E-state index in [1.54, 1.807) is 14.2 Å². The molecule has 4 aromatic rings. The summed E-state index contributed by atoms with van der Waals surface area (Å²) in [6.07, 6.45) is 0. The number of phenolic OH excluding ortho intramolecular Hbond substituents is 2. The Morgan fingerprint density at radius 2 is 1.28 bits per heavy atom. The van der Waals surface area contributed by atoms with Crippen molar-refractivity contribution >= 4 is 11.0 Å². The van der Waals surface area contributed by atoms with Gasteiger partial charge in [0.05, 0.1) is 31.9 Å². The molecule has 0 aliphatic carbocycles. The number of halogens is 1. The van der Waals surface area contributed by atoms with Gasteiger partial charge in [-0.2, -0.15) is 0 Å². The van der Waals surface area contributed by atoms with E-state index in [2.05, 4.69) is 0 Å². The molecule has 0 aliphatic rings. The second-order valence-corrected chi connectivity index (χ2v) is 6.32. The zero-order valence-electron chi connectivity index (χ0n) is 15.8. The van der Waals surface area contributed by atoms with Crippen LogP contribution in [0.15, 0.2) is 71.1 Å². The number of methoxy groups -OCH3 is 2. The summed E-state index contributed by atoms with van der Waals surface area (Å²) in [4.78, 5) is 0. The van der Waals surface area contributed by atoms with Crippen LogP contribution in [0, 0.1) is 0 Å². The van der Waals surface area contributed by atoms with E-state index >= 15 is 0 Å². The summed E-state index contributed by atoms with van der Waals surface area (Å²) in [5.41, 5.74) is 2.90. The first-order valence-corrected chi connectivity index (χ1v) is 8.70. The highest BCUT2D eigenvalue weighted by Gasteiger charge is 2.23. The van der Waals surface area contributed by atoms with Gasteiger partial charge < -0.3 is 32.1 Å². The van der Waals surface area contributed by atoms with Crippen molar-refractivity contribution < 1.29 is 36.5 Å². The predicted octanol–water partition coefficient (Wildman–Crippen LogP) is 2.48. The first-order chi connectivity index (χ1) is 13.6. The normalized spacial score (nSPS) is 10.4. The molecular formula is C23H19ClO5. The molecule has 3 aromatic carbocycles. The van der Waals surface area contributed by atoms with Crippen molar-refractivity contribution in [2.24, 2.45) is 0 Å². The Labute approximate surface area is 174 Å². The van der Waals surface area contributed by atoms with Crippen LogP contribution in [0.4, 0.5) is 0 Å². The fourth-order valence-electron chi connectivity index (χ4n) is 3.18. The van der Waals surface area contributed by atoms with Crippen LogP contribution in [-0.4, -0.2) is 24.4 Å². The number of aromatic hydroxyl groups is 2. The minimum atomic E-state index is -0.0682. The molecule has 0 amide bonds. The van der Waals surface area contributed by atoms with Gasteiger partial charge >= 0.3 is 11.3 Å². The lowest BCUT2D eigenvalue weighted by atomic mass is 9.98. The third-order valence-electron chi connectivity index (χ3n) is 4.61. The van der Waals surface area contributed by atoms with Crippen molar-refractivity contribution in [3.8, 4) is 45.4 Å². The largest absolute Gasteiger partial charge is 1.00 e. The van der Waals surface area contributed by atoms with Gasteiger partial charge in [-0.15, -0.1) is 0 Å². The summed E-state index contributed by atoms with van der Waals surface area (Å²) in [6.45, 7) is 0. The Bertz CT molecular complexity index is 1140. The van der Waals surface area contributed by atoms with Gasteiger partial charge in [0.25, 0.3) is 0 Å². The van der Waals surface area contributed by atoms with E-state index in [-0.39, 0.29) is 23.9 Å². The number of hydrogen-bond acceptors (Lipinski definition) is 4. The number of hydrogen-bond donors (Lipinski definition) is 2. The Balaban J connectivity index is 0.00000240. The van der Waals surface area contributed by atoms with E-state index in [1.165, 1.54) is 12.1 Å². The SMILES string of the molecule is COc1ccc(-c2cc(-c3ccc(OC)cc3)c3c(O)cc(O)cc3[o+]2)cc1.[Cl-]. The van der Waals surface area contributed by atoms with Crippen molar-refractivity contribution in [1.29, 1.82) is 0 Å². The molecule has 0 spiro atoms. The molecule has 0 aliphatic heterocycles. The van der Waals surface area contributed by atoms with Gasteiger partial charge in [-0.25, -0.2) is 4.42 Å². The highest BCUT2D eigenvalue weighted by molar-refractivity contribution is 6.00. The Kier molecular flexibility index (Phi) is 5.80. The molecule has 1 aromatic heterocycles. The molecular weight excluding hydrogens is 392 g/mol. The van der Waals surface area contributed by atoms with Crippen LogP contribution in [-0.2, 0) is 0 Å². The second kappa shape index (κ2) is 8.29. The molecule has 0 bridgehead atoms. The standard InChI is InChI=1S/C23H18O5.ClH/c1-26-17-7-3-14(4-8-17)19-13-21(15-5-9-18(27-2)10-6-15)28-22-12-16(24)11-20(25)23(19)22;/h3-13H,1-2H3,(H-,24,25);1H. The molecule has 0 radical (unpaired) electrons. The van der Waals surface area contributed by atoms with Gasteiger partial charge in [0.2, 0.25) is 0 Å². The molecule has 0 saturated heterocycles. The van der Waals surface area contributed by atoms with Gasteiger partial charge in [0, 0.05) is 11.6 Å². The molecule has 0 unspecified atom stereocenters. The summed E-state index contributed by atoms with van der Waals surface area (Å²) in [6, 6.07) is 19.7. The lowest BCUT2D eigenvalue weighted by Gasteiger charge is -2.07. The van der Waals surface area contributed by atoms with Crippen LogP contribution in [0.1, 0.15) is 0 Å². The maximum absolute atomic E-state index is 10.5. The average molecular weight is 411 g/mol. The molecule has 0 atom stereocenters. The molecule has 0 saturated carbocycles. The monoisotopic (exact) mass is 410 g/mol. The number of ether oxygens (including phenoxy) is 2. The lowest BCUT2D eigenvalue weighted by molar-refractivity contribution is -0.00000881. The van der Waals surface area contributed by atoms with E-state index in [4.69, 9.17) is 13.9 Å². The highest BCUT2D eigenvalue weighted by Crippen LogP contribution is 2.41. The van der Waals surface area contributed by atoms with Gasteiger partial charge in [-0.05, 0) is 42.0 Å². The Morgan fingerprint density at radius 1 is 0.724 bits per heavy atom. The van der Waals surface area contributed by atoms with Crippen LogP contribution < -0.4 is 21.9 Å². The zero-order chi connectivity index (χ0) is 19.7. The van der Waals surface area contributed by atoms with E-state index in [1.807, 2.05) is 54.6 Å². The fraction of sp³-hybridized carbons (Fsp3) is 0.0870. The minimum absolute atomic E-state index is 0. The molecule has 2 N–H and O–H groups in total. The lowest BCUT2D eigenvalue weighted by Crippen LogP contribution is -3.00. The molecule has 29 heavy (non-hydrogen) atoms. The summed E-state index contributed by atoms with van der Waals surface area (Å²) >= 11 is 0. The van der Waals surface area contributed by atoms with Crippen molar-refractivity contribution in [2.75, 3.05) is 14.2 Å². The van der Waals surface area contributed by atoms with Crippen LogP contribution in [0.25, 0.3) is 33.4 Å². The summed E-state index contributed by atoms with van der Waals surface area (Å²) in [5.74, 6) is 1.97. The number of benzene rings is 3. The number of rotatable bonds is 4. The van der Waals surface area contributed by atoms with Crippen molar-refractivity contribution in [2.45, 2.75) is 0 Å². The molecule has 1 heterocycles. The number of phenols is 2. The van der Waals surface area contributed by atoms with E-state index < -0.39 is 0 Å². The number of fused-ring (bicyclic) bond motifs is 1. The molecule has 4 rings (SSSR count). The highest BCUT2D eigenvalue weighted by atomic mass is 35.5. The summed E-state index contributed by atoms with van der Waals surface area (Å²) < 4.78 is 16.5. The average Bonchev–Trinajstić information content (AvgIpc) is 2.72. The predicted molar refractivity (Wildman–Crippen MR) is 108 cm³/mol. The first kappa shape index (κ1) is 20.3.